The summed E-state index contributed by atoms with van der Waals surface area (Å²) < 4.78 is 0. The van der Waals surface area contributed by atoms with Gasteiger partial charge in [0.15, 0.2) is 0 Å². The summed E-state index contributed by atoms with van der Waals surface area (Å²) in [6.07, 6.45) is 0. The van der Waals surface area contributed by atoms with Crippen LogP contribution in [0.5, 0.6) is 0 Å². The number of benzene rings is 1. The van der Waals surface area contributed by atoms with E-state index < -0.39 is 0 Å². The molecule has 1 aromatic rings. The molecular formula is C15H24N2O. The quantitative estimate of drug-likeness (QED) is 0.858. The molecule has 1 aromatic carbocycles. The van der Waals surface area contributed by atoms with E-state index in [0.29, 0.717) is 6.54 Å². The van der Waals surface area contributed by atoms with Crippen molar-refractivity contribution in [2.24, 2.45) is 5.73 Å². The highest BCUT2D eigenvalue weighted by Gasteiger charge is 2.14. The number of carbonyl (C=O) groups is 1. The van der Waals surface area contributed by atoms with Crippen LogP contribution in [0.15, 0.2) is 0 Å². The lowest BCUT2D eigenvalue weighted by Crippen LogP contribution is -2.38. The van der Waals surface area contributed by atoms with E-state index in [1.165, 1.54) is 33.4 Å². The van der Waals surface area contributed by atoms with Crippen LogP contribution >= 0.6 is 0 Å². The molecule has 3 N–H and O–H groups in total. The van der Waals surface area contributed by atoms with Crippen LogP contribution in [0.2, 0.25) is 0 Å². The highest BCUT2D eigenvalue weighted by atomic mass is 16.1. The van der Waals surface area contributed by atoms with Crippen LogP contribution in [-0.4, -0.2) is 11.9 Å². The minimum atomic E-state index is -0.314. The first-order valence-electron chi connectivity index (χ1n) is 6.35. The highest BCUT2D eigenvalue weighted by molar-refractivity contribution is 5.79. The van der Waals surface area contributed by atoms with Crippen molar-refractivity contribution < 1.29 is 4.79 Å². The van der Waals surface area contributed by atoms with Gasteiger partial charge in [0.25, 0.3) is 0 Å². The first-order chi connectivity index (χ1) is 8.27. The Hall–Kier alpha value is -1.35. The molecule has 1 amide bonds. The Balaban J connectivity index is 3.07. The Morgan fingerprint density at radius 2 is 1.39 bits per heavy atom. The zero-order valence-corrected chi connectivity index (χ0v) is 12.3. The second kappa shape index (κ2) is 5.53. The first kappa shape index (κ1) is 14.7. The average Bonchev–Trinajstić information content (AvgIpc) is 2.33. The third kappa shape index (κ3) is 2.72. The summed E-state index contributed by atoms with van der Waals surface area (Å²) in [4.78, 5) is 11.0. The molecule has 0 radical (unpaired) electrons. The fraction of sp³-hybridized carbons (Fsp3) is 0.533. The summed E-state index contributed by atoms with van der Waals surface area (Å²) in [5.74, 6) is -0.314. The molecule has 0 fully saturated rings. The molecule has 0 aliphatic carbocycles. The maximum absolute atomic E-state index is 11.0. The SMILES string of the molecule is Cc1c(C)c(C)c(CNC(C)C(N)=O)c(C)c1C. The minimum Gasteiger partial charge on any atom is -0.368 e. The number of rotatable bonds is 4. The molecule has 0 saturated carbocycles. The topological polar surface area (TPSA) is 55.1 Å². The van der Waals surface area contributed by atoms with E-state index in [-0.39, 0.29) is 11.9 Å². The Bertz CT molecular complexity index is 449. The summed E-state index contributed by atoms with van der Waals surface area (Å²) in [6, 6.07) is -0.300. The Morgan fingerprint density at radius 3 is 1.78 bits per heavy atom. The van der Waals surface area contributed by atoms with Gasteiger partial charge in [0.05, 0.1) is 6.04 Å². The molecule has 0 saturated heterocycles. The standard InChI is InChI=1S/C15H24N2O/c1-8-9(2)11(4)14(12(5)10(8)3)7-17-13(6)15(16)18/h13,17H,7H2,1-6H3,(H2,16,18). The predicted molar refractivity (Wildman–Crippen MR) is 75.6 cm³/mol. The lowest BCUT2D eigenvalue weighted by atomic mass is 9.89. The number of amides is 1. The summed E-state index contributed by atoms with van der Waals surface area (Å²) in [5.41, 5.74) is 13.2. The molecule has 0 aliphatic heterocycles. The van der Waals surface area contributed by atoms with Crippen LogP contribution in [0.25, 0.3) is 0 Å². The van der Waals surface area contributed by atoms with Gasteiger partial charge in [0.1, 0.15) is 0 Å². The van der Waals surface area contributed by atoms with Crippen LogP contribution in [0.3, 0.4) is 0 Å². The van der Waals surface area contributed by atoms with Crippen molar-refractivity contribution in [3.63, 3.8) is 0 Å². The summed E-state index contributed by atoms with van der Waals surface area (Å²) in [5, 5.41) is 3.18. The van der Waals surface area contributed by atoms with E-state index in [1.54, 1.807) is 6.92 Å². The molecule has 18 heavy (non-hydrogen) atoms. The maximum atomic E-state index is 11.0. The van der Waals surface area contributed by atoms with Crippen molar-refractivity contribution >= 4 is 5.91 Å². The zero-order chi connectivity index (χ0) is 14.0. The van der Waals surface area contributed by atoms with Gasteiger partial charge in [0, 0.05) is 6.54 Å². The van der Waals surface area contributed by atoms with Crippen molar-refractivity contribution in [1.82, 2.24) is 5.32 Å². The second-order valence-electron chi connectivity index (χ2n) is 5.11. The third-order valence-corrected chi connectivity index (χ3v) is 4.17. The van der Waals surface area contributed by atoms with Crippen molar-refractivity contribution in [2.75, 3.05) is 0 Å². The van der Waals surface area contributed by atoms with Gasteiger partial charge in [0.2, 0.25) is 5.91 Å². The highest BCUT2D eigenvalue weighted by Crippen LogP contribution is 2.25. The van der Waals surface area contributed by atoms with E-state index in [9.17, 15) is 4.79 Å². The van der Waals surface area contributed by atoms with Gasteiger partial charge in [-0.2, -0.15) is 0 Å². The average molecular weight is 248 g/mol. The van der Waals surface area contributed by atoms with Gasteiger partial charge in [-0.3, -0.25) is 4.79 Å². The predicted octanol–water partition coefficient (Wildman–Crippen LogP) is 2.19. The van der Waals surface area contributed by atoms with E-state index in [4.69, 9.17) is 5.73 Å². The maximum Gasteiger partial charge on any atom is 0.234 e. The van der Waals surface area contributed by atoms with E-state index in [2.05, 4.69) is 39.9 Å². The van der Waals surface area contributed by atoms with Crippen LogP contribution in [0.1, 0.15) is 40.3 Å². The lowest BCUT2D eigenvalue weighted by Gasteiger charge is -2.20. The minimum absolute atomic E-state index is 0.300. The monoisotopic (exact) mass is 248 g/mol. The molecule has 0 heterocycles. The molecule has 3 nitrogen and oxygen atoms in total. The van der Waals surface area contributed by atoms with E-state index in [0.717, 1.165) is 0 Å². The largest absolute Gasteiger partial charge is 0.368 e. The van der Waals surface area contributed by atoms with Gasteiger partial charge in [-0.05, 0) is 74.9 Å². The number of nitrogens with two attached hydrogens (primary N) is 1. The smallest absolute Gasteiger partial charge is 0.234 e. The van der Waals surface area contributed by atoms with Crippen LogP contribution in [-0.2, 0) is 11.3 Å². The number of nitrogens with one attached hydrogen (secondary N) is 1. The molecule has 0 spiro atoms. The lowest BCUT2D eigenvalue weighted by molar-refractivity contribution is -0.119. The Morgan fingerprint density at radius 1 is 1.00 bits per heavy atom. The van der Waals surface area contributed by atoms with E-state index >= 15 is 0 Å². The molecule has 3 heteroatoms. The van der Waals surface area contributed by atoms with Crippen molar-refractivity contribution in [2.45, 2.75) is 54.1 Å². The van der Waals surface area contributed by atoms with Gasteiger partial charge in [-0.15, -0.1) is 0 Å². The molecular weight excluding hydrogens is 224 g/mol. The van der Waals surface area contributed by atoms with Crippen LogP contribution < -0.4 is 11.1 Å². The number of carbonyl (C=O) groups excluding carboxylic acids is 1. The molecule has 1 unspecified atom stereocenters. The van der Waals surface area contributed by atoms with Gasteiger partial charge >= 0.3 is 0 Å². The number of hydrogen-bond acceptors (Lipinski definition) is 2. The summed E-state index contributed by atoms with van der Waals surface area (Å²) in [6.45, 7) is 13.2. The van der Waals surface area contributed by atoms with Crippen molar-refractivity contribution in [1.29, 1.82) is 0 Å². The zero-order valence-electron chi connectivity index (χ0n) is 12.3. The molecule has 100 valence electrons. The van der Waals surface area contributed by atoms with Crippen LogP contribution in [0, 0.1) is 34.6 Å². The van der Waals surface area contributed by atoms with Crippen molar-refractivity contribution in [3.8, 4) is 0 Å². The first-order valence-corrected chi connectivity index (χ1v) is 6.35. The normalized spacial score (nSPS) is 12.6. The van der Waals surface area contributed by atoms with Crippen molar-refractivity contribution in [3.05, 3.63) is 33.4 Å². The van der Waals surface area contributed by atoms with Gasteiger partial charge in [-0.1, -0.05) is 0 Å². The summed E-state index contributed by atoms with van der Waals surface area (Å²) >= 11 is 0. The Labute approximate surface area is 110 Å². The molecule has 0 aliphatic rings. The van der Waals surface area contributed by atoms with E-state index in [1.807, 2.05) is 0 Å². The molecule has 0 aromatic heterocycles. The molecule has 0 bridgehead atoms. The second-order valence-corrected chi connectivity index (χ2v) is 5.11. The fourth-order valence-electron chi connectivity index (χ4n) is 2.20. The number of hydrogen-bond donors (Lipinski definition) is 2. The van der Waals surface area contributed by atoms with Gasteiger partial charge in [-0.25, -0.2) is 0 Å². The molecule has 1 atom stereocenters. The number of primary amides is 1. The molecule has 1 rings (SSSR count). The summed E-state index contributed by atoms with van der Waals surface area (Å²) in [7, 11) is 0. The van der Waals surface area contributed by atoms with Crippen LogP contribution in [0.4, 0.5) is 0 Å². The Kier molecular flexibility index (Phi) is 4.52. The third-order valence-electron chi connectivity index (χ3n) is 4.17. The van der Waals surface area contributed by atoms with Gasteiger partial charge < -0.3 is 11.1 Å². The fourth-order valence-corrected chi connectivity index (χ4v) is 2.20.